The lowest BCUT2D eigenvalue weighted by molar-refractivity contribution is 0.0994. The summed E-state index contributed by atoms with van der Waals surface area (Å²) in [5.74, 6) is 0.133. The molecule has 2 rings (SSSR count). The number of hydrogen-bond donors (Lipinski definition) is 0. The maximum absolute atomic E-state index is 12.3. The van der Waals surface area contributed by atoms with Crippen LogP contribution in [0.5, 0.6) is 0 Å². The molecule has 0 N–H and O–H groups in total. The number of thiophene rings is 1. The third kappa shape index (κ3) is 3.17. The summed E-state index contributed by atoms with van der Waals surface area (Å²) in [6.07, 6.45) is 1.24. The molecule has 0 atom stereocenters. The quantitative estimate of drug-likeness (QED) is 0.687. The first-order chi connectivity index (χ1) is 9.06. The van der Waals surface area contributed by atoms with Crippen molar-refractivity contribution in [1.82, 2.24) is 9.78 Å². The summed E-state index contributed by atoms with van der Waals surface area (Å²) in [5, 5.41) is 4.51. The summed E-state index contributed by atoms with van der Waals surface area (Å²) in [6.45, 7) is 4.87. The number of Topliss-reactive ketones (excluding diaryl/α,β-unsaturated/α-hetero) is 1. The van der Waals surface area contributed by atoms with Crippen LogP contribution in [0.15, 0.2) is 20.4 Å². The minimum Gasteiger partial charge on any atom is -0.293 e. The molecule has 0 unspecified atom stereocenters. The molecular formula is C13H14Br2N2OS. The molecule has 6 heteroatoms. The van der Waals surface area contributed by atoms with Gasteiger partial charge >= 0.3 is 0 Å². The molecule has 0 bridgehead atoms. The normalized spacial score (nSPS) is 10.9. The molecule has 0 aliphatic rings. The fourth-order valence-electron chi connectivity index (χ4n) is 1.89. The van der Waals surface area contributed by atoms with Crippen molar-refractivity contribution < 1.29 is 4.79 Å². The molecule has 2 aromatic heterocycles. The Morgan fingerprint density at radius 2 is 2.11 bits per heavy atom. The Morgan fingerprint density at radius 3 is 2.63 bits per heavy atom. The van der Waals surface area contributed by atoms with Gasteiger partial charge in [0.2, 0.25) is 0 Å². The second-order valence-corrected chi connectivity index (χ2v) is 7.34. The van der Waals surface area contributed by atoms with Crippen molar-refractivity contribution in [3.05, 3.63) is 36.7 Å². The summed E-state index contributed by atoms with van der Waals surface area (Å²) in [5.41, 5.74) is 1.98. The van der Waals surface area contributed by atoms with E-state index in [0.717, 1.165) is 37.5 Å². The Morgan fingerprint density at radius 1 is 1.37 bits per heavy atom. The van der Waals surface area contributed by atoms with Gasteiger partial charge in [0, 0.05) is 6.54 Å². The first-order valence-electron chi connectivity index (χ1n) is 6.09. The standard InChI is InChI=1S/C13H14Br2N2OS/c1-3-8-13(15)9(17(4-2)16-8)7-10(18)11-5-6-12(14)19-11/h5-6H,3-4,7H2,1-2H3. The predicted octanol–water partition coefficient (Wildman–Crippen LogP) is 4.48. The van der Waals surface area contributed by atoms with Crippen molar-refractivity contribution >= 4 is 49.0 Å². The van der Waals surface area contributed by atoms with Gasteiger partial charge in [0.1, 0.15) is 0 Å². The zero-order valence-corrected chi connectivity index (χ0v) is 14.7. The van der Waals surface area contributed by atoms with Gasteiger partial charge in [-0.3, -0.25) is 9.48 Å². The van der Waals surface area contributed by atoms with Gasteiger partial charge < -0.3 is 0 Å². The van der Waals surface area contributed by atoms with E-state index in [1.807, 2.05) is 23.7 Å². The molecule has 0 spiro atoms. The van der Waals surface area contributed by atoms with E-state index < -0.39 is 0 Å². The van der Waals surface area contributed by atoms with E-state index in [2.05, 4.69) is 43.9 Å². The molecule has 19 heavy (non-hydrogen) atoms. The minimum atomic E-state index is 0.133. The zero-order valence-electron chi connectivity index (χ0n) is 10.7. The number of aromatic nitrogens is 2. The molecule has 0 aliphatic heterocycles. The van der Waals surface area contributed by atoms with Gasteiger partial charge in [-0.05, 0) is 57.3 Å². The summed E-state index contributed by atoms with van der Waals surface area (Å²) < 4.78 is 3.86. The highest BCUT2D eigenvalue weighted by Crippen LogP contribution is 2.27. The van der Waals surface area contributed by atoms with Crippen LogP contribution >= 0.6 is 43.2 Å². The van der Waals surface area contributed by atoms with Crippen LogP contribution in [0.1, 0.15) is 34.9 Å². The first kappa shape index (κ1) is 14.9. The number of hydrogen-bond acceptors (Lipinski definition) is 3. The summed E-state index contributed by atoms with van der Waals surface area (Å²) in [6, 6.07) is 3.76. The van der Waals surface area contributed by atoms with Crippen molar-refractivity contribution in [3.63, 3.8) is 0 Å². The average molecular weight is 406 g/mol. The lowest BCUT2D eigenvalue weighted by Gasteiger charge is -2.03. The van der Waals surface area contributed by atoms with Crippen LogP contribution in [0.3, 0.4) is 0 Å². The molecule has 102 valence electrons. The third-order valence-corrected chi connectivity index (χ3v) is 5.45. The highest BCUT2D eigenvalue weighted by Gasteiger charge is 2.18. The fraction of sp³-hybridized carbons (Fsp3) is 0.385. The topological polar surface area (TPSA) is 34.9 Å². The van der Waals surface area contributed by atoms with Crippen molar-refractivity contribution in [2.75, 3.05) is 0 Å². The van der Waals surface area contributed by atoms with E-state index in [0.29, 0.717) is 6.42 Å². The van der Waals surface area contributed by atoms with E-state index in [-0.39, 0.29) is 5.78 Å². The molecule has 0 radical (unpaired) electrons. The van der Waals surface area contributed by atoms with Crippen LogP contribution in [0, 0.1) is 0 Å². The van der Waals surface area contributed by atoms with Gasteiger partial charge in [0.25, 0.3) is 0 Å². The molecule has 0 amide bonds. The third-order valence-electron chi connectivity index (χ3n) is 2.87. The van der Waals surface area contributed by atoms with E-state index in [9.17, 15) is 4.79 Å². The minimum absolute atomic E-state index is 0.133. The highest BCUT2D eigenvalue weighted by molar-refractivity contribution is 9.11. The summed E-state index contributed by atoms with van der Waals surface area (Å²) in [4.78, 5) is 13.1. The Kier molecular flexibility index (Phi) is 4.97. The predicted molar refractivity (Wildman–Crippen MR) is 85.0 cm³/mol. The van der Waals surface area contributed by atoms with Crippen LogP contribution in [-0.4, -0.2) is 15.6 Å². The first-order valence-corrected chi connectivity index (χ1v) is 8.49. The molecule has 2 aromatic rings. The molecule has 3 nitrogen and oxygen atoms in total. The molecule has 0 saturated heterocycles. The van der Waals surface area contributed by atoms with Crippen LogP contribution in [0.4, 0.5) is 0 Å². The fourth-order valence-corrected chi connectivity index (χ4v) is 3.92. The smallest absolute Gasteiger partial charge is 0.178 e. The molecule has 0 fully saturated rings. The van der Waals surface area contributed by atoms with E-state index in [1.54, 1.807) is 0 Å². The monoisotopic (exact) mass is 404 g/mol. The number of ketones is 1. The van der Waals surface area contributed by atoms with Crippen LogP contribution in [0.2, 0.25) is 0 Å². The average Bonchev–Trinajstić information content (AvgIpc) is 2.95. The Balaban J connectivity index is 2.28. The van der Waals surface area contributed by atoms with Crippen molar-refractivity contribution in [1.29, 1.82) is 0 Å². The zero-order chi connectivity index (χ0) is 14.0. The number of nitrogens with zero attached hydrogens (tertiary/aromatic N) is 2. The van der Waals surface area contributed by atoms with Gasteiger partial charge in [-0.25, -0.2) is 0 Å². The maximum Gasteiger partial charge on any atom is 0.178 e. The number of aryl methyl sites for hydroxylation is 2. The molecule has 0 saturated carbocycles. The van der Waals surface area contributed by atoms with E-state index in [4.69, 9.17) is 0 Å². The highest BCUT2D eigenvalue weighted by atomic mass is 79.9. The van der Waals surface area contributed by atoms with Crippen molar-refractivity contribution in [2.24, 2.45) is 0 Å². The molecule has 0 aromatic carbocycles. The van der Waals surface area contributed by atoms with E-state index >= 15 is 0 Å². The number of carbonyl (C=O) groups excluding carboxylic acids is 1. The van der Waals surface area contributed by atoms with Gasteiger partial charge in [-0.15, -0.1) is 11.3 Å². The molecule has 0 aliphatic carbocycles. The van der Waals surface area contributed by atoms with Gasteiger partial charge in [-0.1, -0.05) is 6.92 Å². The SMILES string of the molecule is CCc1nn(CC)c(CC(=O)c2ccc(Br)s2)c1Br. The maximum atomic E-state index is 12.3. The lowest BCUT2D eigenvalue weighted by Crippen LogP contribution is -2.09. The largest absolute Gasteiger partial charge is 0.293 e. The van der Waals surface area contributed by atoms with Crippen LogP contribution < -0.4 is 0 Å². The van der Waals surface area contributed by atoms with Crippen LogP contribution in [-0.2, 0) is 19.4 Å². The Bertz CT molecular complexity index is 604. The van der Waals surface area contributed by atoms with Crippen LogP contribution in [0.25, 0.3) is 0 Å². The molecular weight excluding hydrogens is 392 g/mol. The van der Waals surface area contributed by atoms with Gasteiger partial charge in [-0.2, -0.15) is 5.10 Å². The van der Waals surface area contributed by atoms with Gasteiger partial charge in [0.05, 0.1) is 30.9 Å². The molecule has 2 heterocycles. The Labute approximate surface area is 133 Å². The number of halogens is 2. The van der Waals surface area contributed by atoms with Crippen molar-refractivity contribution in [2.45, 2.75) is 33.2 Å². The Hall–Kier alpha value is -0.460. The van der Waals surface area contributed by atoms with Crippen molar-refractivity contribution in [3.8, 4) is 0 Å². The summed E-state index contributed by atoms with van der Waals surface area (Å²) >= 11 is 8.42. The summed E-state index contributed by atoms with van der Waals surface area (Å²) in [7, 11) is 0. The van der Waals surface area contributed by atoms with E-state index in [1.165, 1.54) is 11.3 Å². The van der Waals surface area contributed by atoms with Gasteiger partial charge in [0.15, 0.2) is 5.78 Å². The number of rotatable bonds is 5. The lowest BCUT2D eigenvalue weighted by atomic mass is 10.1. The number of carbonyl (C=O) groups is 1. The second kappa shape index (κ2) is 6.33. The second-order valence-electron chi connectivity index (χ2n) is 4.08.